The summed E-state index contributed by atoms with van der Waals surface area (Å²) in [5.41, 5.74) is 2.03. The number of carbonyl (C=O) groups is 1. The number of rotatable bonds is 4. The van der Waals surface area contributed by atoms with Crippen LogP contribution in [0.15, 0.2) is 30.3 Å². The van der Waals surface area contributed by atoms with E-state index in [1.54, 1.807) is 35.9 Å². The third kappa shape index (κ3) is 4.21. The zero-order chi connectivity index (χ0) is 24.0. The summed E-state index contributed by atoms with van der Waals surface area (Å²) in [5.74, 6) is -0.208. The number of aryl methyl sites for hydroxylation is 1. The molecule has 1 saturated carbocycles. The summed E-state index contributed by atoms with van der Waals surface area (Å²) < 4.78 is 40.6. The van der Waals surface area contributed by atoms with Gasteiger partial charge in [-0.05, 0) is 50.3 Å². The number of hydrogen-bond donors (Lipinski definition) is 1. The minimum absolute atomic E-state index is 0.0179. The molecule has 9 heteroatoms. The van der Waals surface area contributed by atoms with Crippen LogP contribution in [0.2, 0.25) is 0 Å². The van der Waals surface area contributed by atoms with Gasteiger partial charge < -0.3 is 5.32 Å². The second kappa shape index (κ2) is 8.76. The summed E-state index contributed by atoms with van der Waals surface area (Å²) >= 11 is 0. The Morgan fingerprint density at radius 2 is 1.94 bits per heavy atom. The average Bonchev–Trinajstić information content (AvgIpc) is 3.33. The van der Waals surface area contributed by atoms with Gasteiger partial charge in [0.1, 0.15) is 5.82 Å². The third-order valence-electron chi connectivity index (χ3n) is 7.21. The van der Waals surface area contributed by atoms with E-state index in [0.717, 1.165) is 19.3 Å². The quantitative estimate of drug-likeness (QED) is 0.599. The lowest BCUT2D eigenvalue weighted by Gasteiger charge is -2.29. The molecule has 2 aliphatic rings. The maximum atomic E-state index is 14.7. The van der Waals surface area contributed by atoms with Crippen molar-refractivity contribution < 1.29 is 17.6 Å². The molecule has 7 nitrogen and oxygen atoms in total. The summed E-state index contributed by atoms with van der Waals surface area (Å²) in [6.07, 6.45) is 4.68. The highest BCUT2D eigenvalue weighted by molar-refractivity contribution is 7.91. The van der Waals surface area contributed by atoms with E-state index in [4.69, 9.17) is 4.98 Å². The van der Waals surface area contributed by atoms with Crippen molar-refractivity contribution in [2.75, 3.05) is 11.5 Å². The van der Waals surface area contributed by atoms with Gasteiger partial charge in [-0.2, -0.15) is 5.10 Å². The molecule has 0 spiro atoms. The van der Waals surface area contributed by atoms with Crippen molar-refractivity contribution >= 4 is 26.8 Å². The molecular weight excluding hydrogens is 455 g/mol. The number of nitrogens with zero attached hydrogens (tertiary/aromatic N) is 3. The van der Waals surface area contributed by atoms with Crippen LogP contribution in [-0.2, 0) is 9.84 Å². The summed E-state index contributed by atoms with van der Waals surface area (Å²) in [5, 5.41) is 8.40. The molecule has 1 amide bonds. The highest BCUT2D eigenvalue weighted by atomic mass is 32.2. The minimum Gasteiger partial charge on any atom is -0.349 e. The Morgan fingerprint density at radius 3 is 2.65 bits per heavy atom. The van der Waals surface area contributed by atoms with Crippen molar-refractivity contribution in [3.05, 3.63) is 47.4 Å². The molecule has 1 saturated heterocycles. The number of nitrogens with one attached hydrogen (secondary N) is 1. The lowest BCUT2D eigenvalue weighted by molar-refractivity contribution is 0.0912. The van der Waals surface area contributed by atoms with Crippen LogP contribution in [0.3, 0.4) is 0 Å². The van der Waals surface area contributed by atoms with Crippen molar-refractivity contribution in [1.29, 1.82) is 0 Å². The smallest absolute Gasteiger partial charge is 0.252 e. The predicted molar refractivity (Wildman–Crippen MR) is 129 cm³/mol. The van der Waals surface area contributed by atoms with Crippen LogP contribution in [0.25, 0.3) is 22.3 Å². The van der Waals surface area contributed by atoms with Crippen molar-refractivity contribution in [1.82, 2.24) is 20.1 Å². The van der Waals surface area contributed by atoms with Gasteiger partial charge in [-0.25, -0.2) is 22.5 Å². The van der Waals surface area contributed by atoms with E-state index in [2.05, 4.69) is 17.3 Å². The van der Waals surface area contributed by atoms with Gasteiger partial charge in [0, 0.05) is 11.6 Å². The molecule has 5 rings (SSSR count). The molecule has 3 atom stereocenters. The molecule has 0 radical (unpaired) electrons. The van der Waals surface area contributed by atoms with Crippen LogP contribution in [0.5, 0.6) is 0 Å². The Hall–Kier alpha value is -2.81. The number of sulfone groups is 1. The summed E-state index contributed by atoms with van der Waals surface area (Å²) in [6, 6.07) is 7.66. The fraction of sp³-hybridized carbons (Fsp3) is 0.480. The van der Waals surface area contributed by atoms with Gasteiger partial charge in [0.25, 0.3) is 5.91 Å². The van der Waals surface area contributed by atoms with Crippen molar-refractivity contribution in [2.24, 2.45) is 5.92 Å². The van der Waals surface area contributed by atoms with E-state index in [-0.39, 0.29) is 35.1 Å². The molecule has 2 aromatic heterocycles. The second-order valence-electron chi connectivity index (χ2n) is 9.66. The van der Waals surface area contributed by atoms with Crippen LogP contribution in [0.4, 0.5) is 4.39 Å². The van der Waals surface area contributed by atoms with Crippen molar-refractivity contribution in [3.63, 3.8) is 0 Å². The summed E-state index contributed by atoms with van der Waals surface area (Å²) in [4.78, 5) is 18.3. The van der Waals surface area contributed by atoms with Crippen LogP contribution >= 0.6 is 0 Å². The first kappa shape index (κ1) is 23.0. The van der Waals surface area contributed by atoms with Gasteiger partial charge >= 0.3 is 0 Å². The van der Waals surface area contributed by atoms with Gasteiger partial charge in [0.2, 0.25) is 0 Å². The fourth-order valence-electron chi connectivity index (χ4n) is 5.30. The van der Waals surface area contributed by atoms with Gasteiger partial charge in [0.15, 0.2) is 15.5 Å². The molecule has 1 aromatic carbocycles. The Kier molecular flexibility index (Phi) is 5.91. The molecular formula is C25H29FN4O3S. The highest BCUT2D eigenvalue weighted by Crippen LogP contribution is 2.33. The molecule has 3 heterocycles. The number of benzene rings is 1. The molecule has 3 unspecified atom stereocenters. The SMILES string of the molecule is Cc1nn(C2CCS(=O)(=O)C2)c2nc(-c3ccccc3F)cc(C(=O)NC3CCCCC3C)c12. The number of amides is 1. The van der Waals surface area contributed by atoms with E-state index in [1.807, 2.05) is 0 Å². The van der Waals surface area contributed by atoms with E-state index >= 15 is 0 Å². The molecule has 2 fully saturated rings. The van der Waals surface area contributed by atoms with Crippen LogP contribution in [-0.4, -0.2) is 46.6 Å². The van der Waals surface area contributed by atoms with E-state index < -0.39 is 15.7 Å². The normalized spacial score (nSPS) is 24.4. The first-order valence-electron chi connectivity index (χ1n) is 11.9. The monoisotopic (exact) mass is 484 g/mol. The van der Waals surface area contributed by atoms with Gasteiger partial charge in [-0.15, -0.1) is 0 Å². The molecule has 1 aliphatic carbocycles. The number of hydrogen-bond acceptors (Lipinski definition) is 5. The lowest BCUT2D eigenvalue weighted by Crippen LogP contribution is -2.41. The largest absolute Gasteiger partial charge is 0.349 e. The van der Waals surface area contributed by atoms with Crippen molar-refractivity contribution in [2.45, 2.75) is 58.0 Å². The summed E-state index contributed by atoms with van der Waals surface area (Å²) in [7, 11) is -3.15. The van der Waals surface area contributed by atoms with E-state index in [0.29, 0.717) is 40.3 Å². The number of halogens is 1. The summed E-state index contributed by atoms with van der Waals surface area (Å²) in [6.45, 7) is 3.95. The number of fused-ring (bicyclic) bond motifs is 1. The zero-order valence-corrected chi connectivity index (χ0v) is 20.2. The Bertz CT molecular complexity index is 1370. The highest BCUT2D eigenvalue weighted by Gasteiger charge is 2.33. The topological polar surface area (TPSA) is 93.9 Å². The Labute approximate surface area is 198 Å². The molecule has 1 N–H and O–H groups in total. The Morgan fingerprint density at radius 1 is 1.18 bits per heavy atom. The van der Waals surface area contributed by atoms with Crippen LogP contribution in [0.1, 0.15) is 61.1 Å². The average molecular weight is 485 g/mol. The third-order valence-corrected chi connectivity index (χ3v) is 8.96. The van der Waals surface area contributed by atoms with Crippen molar-refractivity contribution in [3.8, 4) is 11.3 Å². The first-order chi connectivity index (χ1) is 16.2. The van der Waals surface area contributed by atoms with Gasteiger partial charge in [0.05, 0.1) is 39.9 Å². The minimum atomic E-state index is -3.15. The molecule has 0 bridgehead atoms. The van der Waals surface area contributed by atoms with E-state index in [9.17, 15) is 17.6 Å². The number of pyridine rings is 1. The fourth-order valence-corrected chi connectivity index (χ4v) is 6.99. The maximum absolute atomic E-state index is 14.7. The van der Waals surface area contributed by atoms with Crippen LogP contribution < -0.4 is 5.32 Å². The first-order valence-corrected chi connectivity index (χ1v) is 13.7. The van der Waals surface area contributed by atoms with Gasteiger partial charge in [-0.3, -0.25) is 4.79 Å². The lowest BCUT2D eigenvalue weighted by atomic mass is 9.86. The molecule has 180 valence electrons. The number of aromatic nitrogens is 3. The maximum Gasteiger partial charge on any atom is 0.252 e. The molecule has 34 heavy (non-hydrogen) atoms. The Balaban J connectivity index is 1.65. The molecule has 3 aromatic rings. The molecule has 1 aliphatic heterocycles. The van der Waals surface area contributed by atoms with Crippen LogP contribution in [0, 0.1) is 18.7 Å². The number of carbonyl (C=O) groups excluding carboxylic acids is 1. The van der Waals surface area contributed by atoms with Gasteiger partial charge in [-0.1, -0.05) is 31.9 Å². The predicted octanol–water partition coefficient (Wildman–Crippen LogP) is 4.21. The zero-order valence-electron chi connectivity index (χ0n) is 19.4. The second-order valence-corrected chi connectivity index (χ2v) is 11.9. The standard InChI is InChI=1S/C25H29FN4O3S/c1-15-7-3-6-10-21(15)28-25(31)19-13-22(18-8-4-5-9-20(18)26)27-24-23(19)16(2)29-30(24)17-11-12-34(32,33)14-17/h4-5,8-9,13,15,17,21H,3,6-7,10-12,14H2,1-2H3,(H,28,31). The van der Waals surface area contributed by atoms with E-state index in [1.165, 1.54) is 12.5 Å².